The highest BCUT2D eigenvalue weighted by molar-refractivity contribution is 5.57. The van der Waals surface area contributed by atoms with E-state index >= 15 is 0 Å². The highest BCUT2D eigenvalue weighted by Gasteiger charge is 2.09. The Labute approximate surface area is 110 Å². The van der Waals surface area contributed by atoms with Crippen LogP contribution in [0, 0.1) is 6.92 Å². The van der Waals surface area contributed by atoms with Crippen molar-refractivity contribution in [2.75, 3.05) is 38.6 Å². The first-order chi connectivity index (χ1) is 8.79. The van der Waals surface area contributed by atoms with Crippen molar-refractivity contribution in [3.05, 3.63) is 23.8 Å². The summed E-state index contributed by atoms with van der Waals surface area (Å²) in [6.45, 7) is 6.73. The lowest BCUT2D eigenvalue weighted by Crippen LogP contribution is -2.33. The fourth-order valence-corrected chi connectivity index (χ4v) is 2.49. The van der Waals surface area contributed by atoms with E-state index in [0.717, 1.165) is 24.5 Å². The molecule has 1 aromatic rings. The molecule has 3 heteroatoms. The number of ether oxygens (including phenoxy) is 1. The van der Waals surface area contributed by atoms with Crippen LogP contribution in [-0.4, -0.2) is 38.2 Å². The van der Waals surface area contributed by atoms with Crippen LogP contribution in [-0.2, 0) is 0 Å². The van der Waals surface area contributed by atoms with E-state index in [4.69, 9.17) is 4.74 Å². The van der Waals surface area contributed by atoms with E-state index in [1.165, 1.54) is 37.9 Å². The van der Waals surface area contributed by atoms with Gasteiger partial charge in [0.2, 0.25) is 0 Å². The zero-order valence-corrected chi connectivity index (χ0v) is 11.5. The minimum absolute atomic E-state index is 0.930. The predicted octanol–water partition coefficient (Wildman–Crippen LogP) is 2.90. The van der Waals surface area contributed by atoms with Crippen LogP contribution in [0.3, 0.4) is 0 Å². The molecule has 1 N–H and O–H groups in total. The van der Waals surface area contributed by atoms with Gasteiger partial charge in [0.15, 0.2) is 0 Å². The summed E-state index contributed by atoms with van der Waals surface area (Å²) < 4.78 is 5.37. The second-order valence-electron chi connectivity index (χ2n) is 5.03. The van der Waals surface area contributed by atoms with Crippen molar-refractivity contribution in [1.82, 2.24) is 4.90 Å². The van der Waals surface area contributed by atoms with E-state index in [1.54, 1.807) is 7.11 Å². The molecule has 0 amide bonds. The lowest BCUT2D eigenvalue weighted by Gasteiger charge is -2.26. The minimum atomic E-state index is 0.930. The maximum absolute atomic E-state index is 5.37. The number of piperidine rings is 1. The van der Waals surface area contributed by atoms with E-state index in [-0.39, 0.29) is 0 Å². The molecule has 0 radical (unpaired) electrons. The number of methoxy groups -OCH3 is 1. The largest absolute Gasteiger partial charge is 0.495 e. The van der Waals surface area contributed by atoms with Crippen molar-refractivity contribution in [2.45, 2.75) is 26.2 Å². The summed E-state index contributed by atoms with van der Waals surface area (Å²) in [7, 11) is 1.72. The average molecular weight is 248 g/mol. The van der Waals surface area contributed by atoms with Gasteiger partial charge in [0.05, 0.1) is 12.8 Å². The van der Waals surface area contributed by atoms with Crippen molar-refractivity contribution in [3.63, 3.8) is 0 Å². The van der Waals surface area contributed by atoms with Crippen LogP contribution in [0.25, 0.3) is 0 Å². The van der Waals surface area contributed by atoms with Gasteiger partial charge in [0.1, 0.15) is 5.75 Å². The summed E-state index contributed by atoms with van der Waals surface area (Å²) in [4.78, 5) is 2.54. The number of hydrogen-bond donors (Lipinski definition) is 1. The topological polar surface area (TPSA) is 24.5 Å². The van der Waals surface area contributed by atoms with E-state index in [0.29, 0.717) is 0 Å². The van der Waals surface area contributed by atoms with Crippen LogP contribution in [0.1, 0.15) is 24.8 Å². The molecule has 1 aliphatic heterocycles. The third kappa shape index (κ3) is 3.64. The summed E-state index contributed by atoms with van der Waals surface area (Å²) in [5.41, 5.74) is 2.37. The molecule has 0 atom stereocenters. The Morgan fingerprint density at radius 2 is 2.00 bits per heavy atom. The van der Waals surface area contributed by atoms with Gasteiger partial charge >= 0.3 is 0 Å². The summed E-state index contributed by atoms with van der Waals surface area (Å²) in [6, 6.07) is 6.25. The number of rotatable bonds is 5. The number of hydrogen-bond acceptors (Lipinski definition) is 3. The van der Waals surface area contributed by atoms with Crippen molar-refractivity contribution in [1.29, 1.82) is 0 Å². The highest BCUT2D eigenvalue weighted by atomic mass is 16.5. The van der Waals surface area contributed by atoms with Crippen LogP contribution < -0.4 is 10.1 Å². The predicted molar refractivity (Wildman–Crippen MR) is 76.5 cm³/mol. The standard InChI is InChI=1S/C15H24N2O/c1-13-6-7-15(18-2)14(12-13)16-8-11-17-9-4-3-5-10-17/h6-7,12,16H,3-5,8-11H2,1-2H3. The van der Waals surface area contributed by atoms with Gasteiger partial charge in [-0.2, -0.15) is 0 Å². The molecule has 0 aliphatic carbocycles. The van der Waals surface area contributed by atoms with Crippen molar-refractivity contribution in [3.8, 4) is 5.75 Å². The van der Waals surface area contributed by atoms with Gasteiger partial charge in [-0.15, -0.1) is 0 Å². The van der Waals surface area contributed by atoms with Gasteiger partial charge in [-0.05, 0) is 50.6 Å². The van der Waals surface area contributed by atoms with Crippen LogP contribution in [0.5, 0.6) is 5.75 Å². The van der Waals surface area contributed by atoms with Gasteiger partial charge < -0.3 is 15.0 Å². The molecule has 0 bridgehead atoms. The quantitative estimate of drug-likeness (QED) is 0.867. The van der Waals surface area contributed by atoms with Crippen LogP contribution in [0.15, 0.2) is 18.2 Å². The molecular weight excluding hydrogens is 224 g/mol. The third-order valence-electron chi connectivity index (χ3n) is 3.55. The summed E-state index contributed by atoms with van der Waals surface area (Å²) >= 11 is 0. The molecule has 1 saturated heterocycles. The van der Waals surface area contributed by atoms with Gasteiger partial charge in [0, 0.05) is 13.1 Å². The molecule has 0 saturated carbocycles. The molecule has 18 heavy (non-hydrogen) atoms. The number of likely N-dealkylation sites (tertiary alicyclic amines) is 1. The Morgan fingerprint density at radius 3 is 2.72 bits per heavy atom. The zero-order valence-electron chi connectivity index (χ0n) is 11.5. The fourth-order valence-electron chi connectivity index (χ4n) is 2.49. The Kier molecular flexibility index (Phi) is 4.88. The van der Waals surface area contributed by atoms with E-state index < -0.39 is 0 Å². The average Bonchev–Trinajstić information content (AvgIpc) is 2.40. The number of nitrogens with zero attached hydrogens (tertiary/aromatic N) is 1. The second kappa shape index (κ2) is 6.64. The highest BCUT2D eigenvalue weighted by Crippen LogP contribution is 2.24. The van der Waals surface area contributed by atoms with Crippen molar-refractivity contribution >= 4 is 5.69 Å². The Hall–Kier alpha value is -1.22. The maximum Gasteiger partial charge on any atom is 0.141 e. The van der Waals surface area contributed by atoms with Gasteiger partial charge in [0.25, 0.3) is 0 Å². The Bertz CT molecular complexity index is 373. The number of aryl methyl sites for hydroxylation is 1. The lowest BCUT2D eigenvalue weighted by molar-refractivity contribution is 0.237. The molecule has 1 heterocycles. The monoisotopic (exact) mass is 248 g/mol. The fraction of sp³-hybridized carbons (Fsp3) is 0.600. The van der Waals surface area contributed by atoms with Crippen molar-refractivity contribution in [2.24, 2.45) is 0 Å². The minimum Gasteiger partial charge on any atom is -0.495 e. The smallest absolute Gasteiger partial charge is 0.141 e. The van der Waals surface area contributed by atoms with Crippen LogP contribution in [0.4, 0.5) is 5.69 Å². The van der Waals surface area contributed by atoms with Crippen LogP contribution in [0.2, 0.25) is 0 Å². The Balaban J connectivity index is 1.83. The summed E-state index contributed by atoms with van der Waals surface area (Å²) in [5, 5.41) is 3.49. The first-order valence-electron chi connectivity index (χ1n) is 6.90. The third-order valence-corrected chi connectivity index (χ3v) is 3.55. The lowest BCUT2D eigenvalue weighted by atomic mass is 10.1. The van der Waals surface area contributed by atoms with Gasteiger partial charge in [-0.1, -0.05) is 12.5 Å². The van der Waals surface area contributed by atoms with E-state index in [9.17, 15) is 0 Å². The summed E-state index contributed by atoms with van der Waals surface area (Å²) in [5.74, 6) is 0.930. The molecule has 1 aromatic carbocycles. The molecule has 100 valence electrons. The normalized spacial score (nSPS) is 16.6. The first-order valence-corrected chi connectivity index (χ1v) is 6.90. The van der Waals surface area contributed by atoms with E-state index in [2.05, 4.69) is 29.3 Å². The maximum atomic E-state index is 5.37. The van der Waals surface area contributed by atoms with Crippen molar-refractivity contribution < 1.29 is 4.74 Å². The zero-order chi connectivity index (χ0) is 12.8. The van der Waals surface area contributed by atoms with Gasteiger partial charge in [-0.3, -0.25) is 0 Å². The Morgan fingerprint density at radius 1 is 1.22 bits per heavy atom. The molecule has 1 fully saturated rings. The molecule has 3 nitrogen and oxygen atoms in total. The first kappa shape index (κ1) is 13.2. The van der Waals surface area contributed by atoms with Crippen LogP contribution >= 0.6 is 0 Å². The molecule has 0 spiro atoms. The van der Waals surface area contributed by atoms with Gasteiger partial charge in [-0.25, -0.2) is 0 Å². The number of benzene rings is 1. The number of nitrogens with one attached hydrogen (secondary N) is 1. The molecular formula is C15H24N2O. The molecule has 0 unspecified atom stereocenters. The molecule has 1 aliphatic rings. The molecule has 2 rings (SSSR count). The summed E-state index contributed by atoms with van der Waals surface area (Å²) in [6.07, 6.45) is 4.11. The number of anilines is 1. The second-order valence-corrected chi connectivity index (χ2v) is 5.03. The molecule has 0 aromatic heterocycles. The SMILES string of the molecule is COc1ccc(C)cc1NCCN1CCCCC1. The van der Waals surface area contributed by atoms with E-state index in [1.807, 2.05) is 6.07 Å².